The maximum absolute atomic E-state index is 12.8. The molecule has 0 nitrogen and oxygen atoms in total. The van der Waals surface area contributed by atoms with Gasteiger partial charge in [0, 0.05) is 0 Å². The van der Waals surface area contributed by atoms with Crippen molar-refractivity contribution in [3.05, 3.63) is 0 Å². The molecule has 0 aromatic carbocycles. The predicted octanol–water partition coefficient (Wildman–Crippen LogP) is 4.40. The van der Waals surface area contributed by atoms with E-state index in [1.54, 1.807) is 0 Å². The van der Waals surface area contributed by atoms with Gasteiger partial charge in [-0.1, -0.05) is 0 Å². The molecule has 13 heteroatoms. The molecule has 20 heavy (non-hydrogen) atoms. The molecule has 0 aliphatic heterocycles. The van der Waals surface area contributed by atoms with E-state index in [1.807, 2.05) is 0 Å². The summed E-state index contributed by atoms with van der Waals surface area (Å²) in [5.74, 6) is -21.5. The average Bonchev–Trinajstić information content (AvgIpc) is 2.25. The molecule has 0 heterocycles. The molecule has 0 aromatic rings. The topological polar surface area (TPSA) is 0 Å². The number of hydrogen-bond donors (Lipinski definition) is 0. The number of hydrogen-bond acceptors (Lipinski definition) is 0. The molecule has 0 aliphatic rings. The van der Waals surface area contributed by atoms with Gasteiger partial charge < -0.3 is 0 Å². The molecule has 0 aromatic heterocycles. The van der Waals surface area contributed by atoms with Gasteiger partial charge in [0.05, 0.1) is 0 Å². The lowest BCUT2D eigenvalue weighted by molar-refractivity contribution is -0.408. The van der Waals surface area contributed by atoms with Gasteiger partial charge in [-0.2, -0.15) is 39.5 Å². The van der Waals surface area contributed by atoms with Crippen LogP contribution in [0.1, 0.15) is 0 Å². The second-order valence-electron chi connectivity index (χ2n) is 3.50. The van der Waals surface area contributed by atoms with Gasteiger partial charge in [0.25, 0.3) is 6.43 Å². The predicted molar refractivity (Wildman–Crippen MR) is 36.7 cm³/mol. The van der Waals surface area contributed by atoms with Crippen molar-refractivity contribution in [2.45, 2.75) is 36.0 Å². The van der Waals surface area contributed by atoms with E-state index in [2.05, 4.69) is 0 Å². The van der Waals surface area contributed by atoms with Crippen LogP contribution in [0.3, 0.4) is 0 Å². The summed E-state index contributed by atoms with van der Waals surface area (Å²) >= 11 is 0. The van der Waals surface area contributed by atoms with Crippen molar-refractivity contribution in [2.24, 2.45) is 0 Å². The SMILES string of the molecule is FCC(F)(F)C(F)(F)C(F)(F)C(F)(C(F)F)C(F)(F)F. The summed E-state index contributed by atoms with van der Waals surface area (Å²) < 4.78 is 159. The van der Waals surface area contributed by atoms with Gasteiger partial charge in [-0.3, -0.25) is 0 Å². The molecular formula is C7H3F13. The molecule has 0 spiro atoms. The van der Waals surface area contributed by atoms with E-state index < -0.39 is 42.7 Å². The lowest BCUT2D eigenvalue weighted by Gasteiger charge is -2.40. The lowest BCUT2D eigenvalue weighted by Crippen LogP contribution is -2.71. The molecular weight excluding hydrogens is 331 g/mol. The molecule has 0 saturated carbocycles. The van der Waals surface area contributed by atoms with Crippen LogP contribution < -0.4 is 0 Å². The maximum Gasteiger partial charge on any atom is 0.434 e. The minimum absolute atomic E-state index is 3.62. The summed E-state index contributed by atoms with van der Waals surface area (Å²) in [5, 5.41) is 0. The van der Waals surface area contributed by atoms with Gasteiger partial charge in [-0.15, -0.1) is 0 Å². The van der Waals surface area contributed by atoms with E-state index in [1.165, 1.54) is 0 Å². The number of alkyl halides is 13. The van der Waals surface area contributed by atoms with E-state index in [0.29, 0.717) is 0 Å². The third kappa shape index (κ3) is 2.28. The largest absolute Gasteiger partial charge is 0.434 e. The minimum Gasteiger partial charge on any atom is -0.244 e. The van der Waals surface area contributed by atoms with Crippen LogP contribution in [0.5, 0.6) is 0 Å². The summed E-state index contributed by atoms with van der Waals surface area (Å²) in [6.07, 6.45) is -13.1. The highest BCUT2D eigenvalue weighted by Gasteiger charge is 2.88. The highest BCUT2D eigenvalue weighted by molar-refractivity contribution is 5.12. The van der Waals surface area contributed by atoms with Gasteiger partial charge in [0.15, 0.2) is 6.67 Å². The van der Waals surface area contributed by atoms with E-state index in [0.717, 1.165) is 0 Å². The zero-order valence-corrected chi connectivity index (χ0v) is 8.70. The molecule has 122 valence electrons. The third-order valence-electron chi connectivity index (χ3n) is 2.19. The van der Waals surface area contributed by atoms with Gasteiger partial charge in [0.2, 0.25) is 0 Å². The van der Waals surface area contributed by atoms with Crippen molar-refractivity contribution < 1.29 is 57.1 Å². The molecule has 0 radical (unpaired) electrons. The van der Waals surface area contributed by atoms with E-state index >= 15 is 0 Å². The molecule has 1 atom stereocenters. The summed E-state index contributed by atoms with van der Waals surface area (Å²) in [5.41, 5.74) is -7.29. The van der Waals surface area contributed by atoms with Crippen LogP contribution in [-0.2, 0) is 0 Å². The third-order valence-corrected chi connectivity index (χ3v) is 2.19. The fraction of sp³-hybridized carbons (Fsp3) is 1.00. The fourth-order valence-electron chi connectivity index (χ4n) is 0.981. The smallest absolute Gasteiger partial charge is 0.244 e. The Balaban J connectivity index is 6.18. The second kappa shape index (κ2) is 4.83. The van der Waals surface area contributed by atoms with Crippen LogP contribution in [0.2, 0.25) is 0 Å². The standard InChI is InChI=1S/C7H3F13/c8-1-3(11,12)5(14,15)6(16,17)4(13,2(9)10)7(18,19)20/h2H,1H2. The van der Waals surface area contributed by atoms with E-state index in [-0.39, 0.29) is 0 Å². The van der Waals surface area contributed by atoms with Crippen LogP contribution in [0, 0.1) is 0 Å². The van der Waals surface area contributed by atoms with Crippen LogP contribution >= 0.6 is 0 Å². The van der Waals surface area contributed by atoms with Crippen LogP contribution in [0.15, 0.2) is 0 Å². The summed E-state index contributed by atoms with van der Waals surface area (Å²) in [4.78, 5) is 0. The molecule has 0 rings (SSSR count). The van der Waals surface area contributed by atoms with Gasteiger partial charge in [0.1, 0.15) is 0 Å². The van der Waals surface area contributed by atoms with Crippen LogP contribution in [0.25, 0.3) is 0 Å². The van der Waals surface area contributed by atoms with Gasteiger partial charge >= 0.3 is 29.6 Å². The molecule has 0 saturated heterocycles. The monoisotopic (exact) mass is 334 g/mol. The summed E-state index contributed by atoms with van der Waals surface area (Å²) in [7, 11) is 0. The molecule has 1 unspecified atom stereocenters. The Hall–Kier alpha value is -0.910. The van der Waals surface area contributed by atoms with Crippen molar-refractivity contribution in [1.29, 1.82) is 0 Å². The zero-order chi connectivity index (χ0) is 16.8. The van der Waals surface area contributed by atoms with Crippen molar-refractivity contribution in [3.63, 3.8) is 0 Å². The van der Waals surface area contributed by atoms with E-state index in [4.69, 9.17) is 0 Å². The molecule has 0 amide bonds. The highest BCUT2D eigenvalue weighted by atomic mass is 19.4. The normalized spacial score (nSPS) is 18.3. The Kier molecular flexibility index (Phi) is 4.61. The first kappa shape index (κ1) is 19.1. The maximum atomic E-state index is 12.8. The average molecular weight is 334 g/mol. The fourth-order valence-corrected chi connectivity index (χ4v) is 0.981. The highest BCUT2D eigenvalue weighted by Crippen LogP contribution is 2.58. The van der Waals surface area contributed by atoms with Crippen molar-refractivity contribution in [2.75, 3.05) is 6.67 Å². The first-order valence-electron chi connectivity index (χ1n) is 4.24. The Labute approximate surface area is 101 Å². The van der Waals surface area contributed by atoms with Gasteiger partial charge in [-0.25, -0.2) is 17.6 Å². The number of rotatable bonds is 5. The summed E-state index contributed by atoms with van der Waals surface area (Å²) in [6, 6.07) is 0. The Bertz CT molecular complexity index is 341. The van der Waals surface area contributed by atoms with Gasteiger partial charge in [-0.05, 0) is 0 Å². The van der Waals surface area contributed by atoms with Crippen molar-refractivity contribution >= 4 is 0 Å². The quantitative estimate of drug-likeness (QED) is 0.654. The van der Waals surface area contributed by atoms with Crippen LogP contribution in [-0.4, -0.2) is 42.7 Å². The Morgan fingerprint density at radius 2 is 1.00 bits per heavy atom. The summed E-state index contributed by atoms with van der Waals surface area (Å²) in [6.45, 7) is -3.62. The minimum atomic E-state index is -7.62. The first-order chi connectivity index (χ1) is 8.50. The van der Waals surface area contributed by atoms with E-state index in [9.17, 15) is 57.1 Å². The number of halogens is 13. The Morgan fingerprint density at radius 3 is 1.20 bits per heavy atom. The van der Waals surface area contributed by atoms with Crippen molar-refractivity contribution in [3.8, 4) is 0 Å². The van der Waals surface area contributed by atoms with Crippen LogP contribution in [0.4, 0.5) is 57.1 Å². The first-order valence-corrected chi connectivity index (χ1v) is 4.24. The lowest BCUT2D eigenvalue weighted by atomic mass is 9.89. The molecule has 0 bridgehead atoms. The zero-order valence-electron chi connectivity index (χ0n) is 8.70. The molecule has 0 fully saturated rings. The second-order valence-corrected chi connectivity index (χ2v) is 3.50. The van der Waals surface area contributed by atoms with Crippen molar-refractivity contribution in [1.82, 2.24) is 0 Å². The molecule has 0 N–H and O–H groups in total. The molecule has 0 aliphatic carbocycles. The Morgan fingerprint density at radius 1 is 0.650 bits per heavy atom.